The molecule has 1 atom stereocenters. The molecule has 1 saturated heterocycles. The van der Waals surface area contributed by atoms with Gasteiger partial charge in [-0.2, -0.15) is 8.78 Å². The Balaban J connectivity index is 1.86. The van der Waals surface area contributed by atoms with Crippen molar-refractivity contribution in [1.29, 1.82) is 0 Å². The van der Waals surface area contributed by atoms with Crippen molar-refractivity contribution in [3.8, 4) is 5.75 Å². The molecule has 21 heavy (non-hydrogen) atoms. The summed E-state index contributed by atoms with van der Waals surface area (Å²) in [4.78, 5) is 23.2. The molecule has 114 valence electrons. The van der Waals surface area contributed by atoms with Crippen molar-refractivity contribution >= 4 is 17.6 Å². The van der Waals surface area contributed by atoms with Crippen molar-refractivity contribution in [3.05, 3.63) is 24.3 Å². The minimum absolute atomic E-state index is 0.00242. The number of carbonyl (C=O) groups excluding carboxylic acids is 2. The number of anilines is 1. The van der Waals surface area contributed by atoms with Crippen molar-refractivity contribution in [1.82, 2.24) is 10.6 Å². The van der Waals surface area contributed by atoms with Gasteiger partial charge in [-0.05, 0) is 37.1 Å². The number of amides is 3. The van der Waals surface area contributed by atoms with E-state index >= 15 is 0 Å². The first-order valence-corrected chi connectivity index (χ1v) is 6.45. The van der Waals surface area contributed by atoms with Gasteiger partial charge in [-0.15, -0.1) is 0 Å². The van der Waals surface area contributed by atoms with Crippen LogP contribution in [0.15, 0.2) is 24.3 Å². The molecule has 1 aromatic carbocycles. The van der Waals surface area contributed by atoms with Crippen LogP contribution in [0.25, 0.3) is 0 Å². The maximum atomic E-state index is 12.0. The Hall–Kier alpha value is -2.38. The standard InChI is InChI=1S/C13H15F2N3O3/c14-12(15)21-9-5-3-8(4-6-9)17-13(20)18-10-2-1-7-16-11(10)19/h3-6,10,12H,1-2,7H2,(H,16,19)(H2,17,18,20)/t10-/m0/s1. The number of hydrogen-bond donors (Lipinski definition) is 3. The number of hydrogen-bond acceptors (Lipinski definition) is 3. The molecule has 1 aromatic rings. The van der Waals surface area contributed by atoms with Crippen molar-refractivity contribution in [2.75, 3.05) is 11.9 Å². The van der Waals surface area contributed by atoms with Gasteiger partial charge in [0.15, 0.2) is 0 Å². The highest BCUT2D eigenvalue weighted by atomic mass is 19.3. The number of rotatable bonds is 4. The summed E-state index contributed by atoms with van der Waals surface area (Å²) in [6.07, 6.45) is 1.39. The van der Waals surface area contributed by atoms with E-state index in [0.29, 0.717) is 18.7 Å². The lowest BCUT2D eigenvalue weighted by molar-refractivity contribution is -0.124. The molecule has 3 amide bonds. The topological polar surface area (TPSA) is 79.5 Å². The molecule has 0 aromatic heterocycles. The fourth-order valence-electron chi connectivity index (χ4n) is 1.95. The highest BCUT2D eigenvalue weighted by molar-refractivity contribution is 5.93. The van der Waals surface area contributed by atoms with Crippen LogP contribution in [0.1, 0.15) is 12.8 Å². The Morgan fingerprint density at radius 1 is 1.33 bits per heavy atom. The predicted octanol–water partition coefficient (Wildman–Crippen LogP) is 1.69. The van der Waals surface area contributed by atoms with E-state index in [1.165, 1.54) is 24.3 Å². The Kier molecular flexibility index (Phi) is 4.91. The second-order valence-electron chi connectivity index (χ2n) is 4.49. The van der Waals surface area contributed by atoms with Crippen LogP contribution in [0, 0.1) is 0 Å². The van der Waals surface area contributed by atoms with E-state index in [2.05, 4.69) is 20.7 Å². The molecular formula is C13H15F2N3O3. The van der Waals surface area contributed by atoms with Crippen LogP contribution in [-0.4, -0.2) is 31.1 Å². The minimum atomic E-state index is -2.89. The molecule has 1 heterocycles. The van der Waals surface area contributed by atoms with Crippen LogP contribution in [0.4, 0.5) is 19.3 Å². The number of halogens is 2. The zero-order valence-electron chi connectivity index (χ0n) is 11.1. The number of carbonyl (C=O) groups is 2. The van der Waals surface area contributed by atoms with Crippen LogP contribution < -0.4 is 20.7 Å². The summed E-state index contributed by atoms with van der Waals surface area (Å²) in [5.74, 6) is -0.209. The Bertz CT molecular complexity index is 508. The maximum absolute atomic E-state index is 12.0. The fourth-order valence-corrected chi connectivity index (χ4v) is 1.95. The summed E-state index contributed by atoms with van der Waals surface area (Å²) in [5, 5.41) is 7.73. The highest BCUT2D eigenvalue weighted by Gasteiger charge is 2.23. The van der Waals surface area contributed by atoms with Gasteiger partial charge in [-0.3, -0.25) is 4.79 Å². The maximum Gasteiger partial charge on any atom is 0.387 e. The summed E-state index contributed by atoms with van der Waals surface area (Å²) in [6.45, 7) is -2.28. The number of piperidine rings is 1. The van der Waals surface area contributed by atoms with E-state index in [9.17, 15) is 18.4 Å². The zero-order chi connectivity index (χ0) is 15.2. The third-order valence-electron chi connectivity index (χ3n) is 2.93. The number of ether oxygens (including phenoxy) is 1. The Morgan fingerprint density at radius 2 is 2.05 bits per heavy atom. The van der Waals surface area contributed by atoms with Crippen molar-refractivity contribution in [3.63, 3.8) is 0 Å². The van der Waals surface area contributed by atoms with E-state index < -0.39 is 18.7 Å². The second kappa shape index (κ2) is 6.87. The number of benzene rings is 1. The summed E-state index contributed by atoms with van der Waals surface area (Å²) in [5.41, 5.74) is 0.408. The normalized spacial score (nSPS) is 18.0. The third kappa shape index (κ3) is 4.59. The fraction of sp³-hybridized carbons (Fsp3) is 0.385. The van der Waals surface area contributed by atoms with Gasteiger partial charge in [0.05, 0.1) is 0 Å². The SMILES string of the molecule is O=C(Nc1ccc(OC(F)F)cc1)N[C@H]1CCCNC1=O. The summed E-state index contributed by atoms with van der Waals surface area (Å²) in [6, 6.07) is 4.40. The van der Waals surface area contributed by atoms with Crippen LogP contribution >= 0.6 is 0 Å². The molecule has 0 saturated carbocycles. The van der Waals surface area contributed by atoms with Crippen LogP contribution in [0.2, 0.25) is 0 Å². The van der Waals surface area contributed by atoms with Gasteiger partial charge in [0.1, 0.15) is 11.8 Å². The quantitative estimate of drug-likeness (QED) is 0.791. The summed E-state index contributed by atoms with van der Waals surface area (Å²) in [7, 11) is 0. The first kappa shape index (κ1) is 15.0. The van der Waals surface area contributed by atoms with E-state index in [1.54, 1.807) is 0 Å². The zero-order valence-corrected chi connectivity index (χ0v) is 11.1. The van der Waals surface area contributed by atoms with Crippen LogP contribution in [0.5, 0.6) is 5.75 Å². The summed E-state index contributed by atoms with van der Waals surface area (Å²) >= 11 is 0. The van der Waals surface area contributed by atoms with Gasteiger partial charge < -0.3 is 20.7 Å². The van der Waals surface area contributed by atoms with Crippen molar-refractivity contribution in [2.45, 2.75) is 25.5 Å². The molecule has 3 N–H and O–H groups in total. The predicted molar refractivity (Wildman–Crippen MR) is 71.3 cm³/mol. The van der Waals surface area contributed by atoms with E-state index in [4.69, 9.17) is 0 Å². The van der Waals surface area contributed by atoms with E-state index in [0.717, 1.165) is 6.42 Å². The smallest absolute Gasteiger partial charge is 0.387 e. The molecule has 0 aliphatic carbocycles. The first-order chi connectivity index (χ1) is 10.0. The average molecular weight is 299 g/mol. The largest absolute Gasteiger partial charge is 0.435 e. The van der Waals surface area contributed by atoms with E-state index in [1.807, 2.05) is 0 Å². The lowest BCUT2D eigenvalue weighted by atomic mass is 10.1. The van der Waals surface area contributed by atoms with Crippen molar-refractivity contribution < 1.29 is 23.1 Å². The highest BCUT2D eigenvalue weighted by Crippen LogP contribution is 2.17. The Labute approximate surface area is 119 Å². The molecule has 0 radical (unpaired) electrons. The van der Waals surface area contributed by atoms with Gasteiger partial charge in [0, 0.05) is 12.2 Å². The monoisotopic (exact) mass is 299 g/mol. The average Bonchev–Trinajstić information content (AvgIpc) is 2.43. The number of alkyl halides is 2. The van der Waals surface area contributed by atoms with Crippen molar-refractivity contribution in [2.24, 2.45) is 0 Å². The molecule has 1 aliphatic rings. The minimum Gasteiger partial charge on any atom is -0.435 e. The molecule has 8 heteroatoms. The van der Waals surface area contributed by atoms with Gasteiger partial charge in [0.2, 0.25) is 5.91 Å². The number of urea groups is 1. The molecule has 1 aliphatic heterocycles. The second-order valence-corrected chi connectivity index (χ2v) is 4.49. The Morgan fingerprint density at radius 3 is 2.67 bits per heavy atom. The lowest BCUT2D eigenvalue weighted by Crippen LogP contribution is -2.51. The molecule has 6 nitrogen and oxygen atoms in total. The third-order valence-corrected chi connectivity index (χ3v) is 2.93. The molecule has 0 unspecified atom stereocenters. The molecule has 2 rings (SSSR count). The summed E-state index contributed by atoms with van der Waals surface area (Å²) < 4.78 is 28.2. The van der Waals surface area contributed by atoms with Gasteiger partial charge >= 0.3 is 12.6 Å². The van der Waals surface area contributed by atoms with Gasteiger partial charge in [-0.25, -0.2) is 4.79 Å². The van der Waals surface area contributed by atoms with Crippen LogP contribution in [0.3, 0.4) is 0 Å². The van der Waals surface area contributed by atoms with Gasteiger partial charge in [-0.1, -0.05) is 0 Å². The molecule has 0 bridgehead atoms. The molecule has 0 spiro atoms. The van der Waals surface area contributed by atoms with E-state index in [-0.39, 0.29) is 11.7 Å². The van der Waals surface area contributed by atoms with Gasteiger partial charge in [0.25, 0.3) is 0 Å². The molecular weight excluding hydrogens is 284 g/mol. The lowest BCUT2D eigenvalue weighted by Gasteiger charge is -2.22. The first-order valence-electron chi connectivity index (χ1n) is 6.45. The molecule has 1 fully saturated rings. The van der Waals surface area contributed by atoms with Crippen LogP contribution in [-0.2, 0) is 4.79 Å². The number of nitrogens with one attached hydrogen (secondary N) is 3.